The molecule has 0 aromatic heterocycles. The molecule has 0 unspecified atom stereocenters. The van der Waals surface area contributed by atoms with Crippen LogP contribution in [0.4, 0.5) is 5.69 Å². The van der Waals surface area contributed by atoms with Gasteiger partial charge >= 0.3 is 5.97 Å². The van der Waals surface area contributed by atoms with Crippen molar-refractivity contribution in [3.05, 3.63) is 71.2 Å². The molecule has 2 N–H and O–H groups in total. The maximum atomic E-state index is 11.2. The Morgan fingerprint density at radius 2 is 1.81 bits per heavy atom. The molecule has 3 rings (SSSR count). The summed E-state index contributed by atoms with van der Waals surface area (Å²) in [7, 11) is 0. The van der Waals surface area contributed by atoms with Crippen molar-refractivity contribution < 1.29 is 14.6 Å². The van der Waals surface area contributed by atoms with Crippen LogP contribution in [0.5, 0.6) is 5.75 Å². The zero-order valence-electron chi connectivity index (χ0n) is 14.2. The molecule has 5 heteroatoms. The average Bonchev–Trinajstić information content (AvgIpc) is 2.65. The van der Waals surface area contributed by atoms with E-state index in [0.29, 0.717) is 23.9 Å². The van der Waals surface area contributed by atoms with Gasteiger partial charge in [-0.25, -0.2) is 4.79 Å². The fourth-order valence-corrected chi connectivity index (χ4v) is 2.92. The summed E-state index contributed by atoms with van der Waals surface area (Å²) in [6, 6.07) is 19.1. The number of benzene rings is 3. The largest absolute Gasteiger partial charge is 0.494 e. The summed E-state index contributed by atoms with van der Waals surface area (Å²) in [5.74, 6) is -0.128. The van der Waals surface area contributed by atoms with Gasteiger partial charge in [0, 0.05) is 17.3 Å². The Hall–Kier alpha value is -2.72. The molecule has 0 amide bonds. The van der Waals surface area contributed by atoms with Crippen LogP contribution in [0.3, 0.4) is 0 Å². The van der Waals surface area contributed by atoms with E-state index in [1.54, 1.807) is 12.1 Å². The first-order chi connectivity index (χ1) is 12.6. The molecule has 0 saturated heterocycles. The van der Waals surface area contributed by atoms with Crippen LogP contribution < -0.4 is 10.1 Å². The standard InChI is InChI=1S/C21H20ClNO3/c22-17-8-10-20(19(14-17)21(24)25)23-11-3-4-12-26-18-9-7-15-5-1-2-6-16(15)13-18/h1-2,5-10,13-14,23H,3-4,11-12H2,(H,24,25). The minimum absolute atomic E-state index is 0.185. The molecule has 26 heavy (non-hydrogen) atoms. The van der Waals surface area contributed by atoms with E-state index in [2.05, 4.69) is 23.5 Å². The first-order valence-corrected chi connectivity index (χ1v) is 8.89. The topological polar surface area (TPSA) is 58.6 Å². The SMILES string of the molecule is O=C(O)c1cc(Cl)ccc1NCCCCOc1ccc2ccccc2c1. The zero-order valence-corrected chi connectivity index (χ0v) is 15.0. The van der Waals surface area contributed by atoms with E-state index in [1.807, 2.05) is 24.3 Å². The lowest BCUT2D eigenvalue weighted by atomic mass is 10.1. The van der Waals surface area contributed by atoms with Gasteiger partial charge in [-0.3, -0.25) is 0 Å². The Kier molecular flexibility index (Phi) is 5.97. The molecule has 4 nitrogen and oxygen atoms in total. The van der Waals surface area contributed by atoms with Gasteiger partial charge < -0.3 is 15.2 Å². The number of hydrogen-bond donors (Lipinski definition) is 2. The fourth-order valence-electron chi connectivity index (χ4n) is 2.74. The van der Waals surface area contributed by atoms with Crippen molar-refractivity contribution in [2.75, 3.05) is 18.5 Å². The van der Waals surface area contributed by atoms with Crippen LogP contribution in [0, 0.1) is 0 Å². The molecule has 0 spiro atoms. The van der Waals surface area contributed by atoms with Crippen molar-refractivity contribution in [1.82, 2.24) is 0 Å². The van der Waals surface area contributed by atoms with Crippen LogP contribution in [0.2, 0.25) is 5.02 Å². The molecule has 0 fully saturated rings. The molecule has 0 atom stereocenters. The van der Waals surface area contributed by atoms with Crippen LogP contribution in [0.1, 0.15) is 23.2 Å². The number of aromatic carboxylic acids is 1. The number of nitrogens with one attached hydrogen (secondary N) is 1. The number of rotatable bonds is 8. The Morgan fingerprint density at radius 3 is 2.62 bits per heavy atom. The molecule has 0 aliphatic heterocycles. The van der Waals surface area contributed by atoms with Gasteiger partial charge in [-0.05, 0) is 53.9 Å². The van der Waals surface area contributed by atoms with Crippen LogP contribution in [0.15, 0.2) is 60.7 Å². The highest BCUT2D eigenvalue weighted by molar-refractivity contribution is 6.31. The number of halogens is 1. The van der Waals surface area contributed by atoms with Gasteiger partial charge in [0.25, 0.3) is 0 Å². The second-order valence-corrected chi connectivity index (χ2v) is 6.42. The lowest BCUT2D eigenvalue weighted by molar-refractivity contribution is 0.0698. The minimum atomic E-state index is -0.991. The molecule has 0 bridgehead atoms. The molecule has 0 saturated carbocycles. The third-order valence-electron chi connectivity index (χ3n) is 4.09. The summed E-state index contributed by atoms with van der Waals surface area (Å²) in [4.78, 5) is 11.2. The van der Waals surface area contributed by atoms with Crippen molar-refractivity contribution in [3.8, 4) is 5.75 Å². The number of unbranched alkanes of at least 4 members (excludes halogenated alkanes) is 1. The van der Waals surface area contributed by atoms with E-state index in [9.17, 15) is 9.90 Å². The normalized spacial score (nSPS) is 10.7. The van der Waals surface area contributed by atoms with Gasteiger partial charge in [-0.2, -0.15) is 0 Å². The smallest absolute Gasteiger partial charge is 0.337 e. The Labute approximate surface area is 157 Å². The predicted molar refractivity (Wildman–Crippen MR) is 106 cm³/mol. The number of anilines is 1. The monoisotopic (exact) mass is 369 g/mol. The minimum Gasteiger partial charge on any atom is -0.494 e. The second kappa shape index (κ2) is 8.59. The van der Waals surface area contributed by atoms with Crippen LogP contribution >= 0.6 is 11.6 Å². The second-order valence-electron chi connectivity index (χ2n) is 5.99. The Morgan fingerprint density at radius 1 is 1.00 bits per heavy atom. The van der Waals surface area contributed by atoms with Crippen LogP contribution in [0.25, 0.3) is 10.8 Å². The maximum absolute atomic E-state index is 11.2. The summed E-state index contributed by atoms with van der Waals surface area (Å²) in [6.07, 6.45) is 1.74. The molecule has 0 aliphatic rings. The van der Waals surface area contributed by atoms with Crippen molar-refractivity contribution >= 4 is 34.0 Å². The molecular weight excluding hydrogens is 350 g/mol. The van der Waals surface area contributed by atoms with Crippen LogP contribution in [-0.4, -0.2) is 24.2 Å². The molecule has 3 aromatic rings. The van der Waals surface area contributed by atoms with E-state index in [1.165, 1.54) is 11.5 Å². The van der Waals surface area contributed by atoms with Gasteiger partial charge in [0.05, 0.1) is 12.2 Å². The number of ether oxygens (including phenoxy) is 1. The number of carboxylic acids is 1. The average molecular weight is 370 g/mol. The molecule has 0 radical (unpaired) electrons. The molecule has 0 heterocycles. The highest BCUT2D eigenvalue weighted by atomic mass is 35.5. The predicted octanol–water partition coefficient (Wildman–Crippen LogP) is 5.46. The molecule has 0 aliphatic carbocycles. The molecular formula is C21H20ClNO3. The number of carboxylic acid groups (broad SMARTS) is 1. The Bertz CT molecular complexity index is 911. The third-order valence-corrected chi connectivity index (χ3v) is 4.32. The van der Waals surface area contributed by atoms with Gasteiger partial charge in [0.2, 0.25) is 0 Å². The molecule has 134 valence electrons. The summed E-state index contributed by atoms with van der Waals surface area (Å²) < 4.78 is 5.80. The number of carbonyl (C=O) groups is 1. The van der Waals surface area contributed by atoms with Gasteiger partial charge in [0.15, 0.2) is 0 Å². The number of fused-ring (bicyclic) bond motifs is 1. The van der Waals surface area contributed by atoms with E-state index >= 15 is 0 Å². The highest BCUT2D eigenvalue weighted by Crippen LogP contribution is 2.22. The van der Waals surface area contributed by atoms with Crippen molar-refractivity contribution in [3.63, 3.8) is 0 Å². The lowest BCUT2D eigenvalue weighted by Gasteiger charge is -2.11. The zero-order chi connectivity index (χ0) is 18.4. The Balaban J connectivity index is 1.44. The van der Waals surface area contributed by atoms with Crippen LogP contribution in [-0.2, 0) is 0 Å². The summed E-state index contributed by atoms with van der Waals surface area (Å²) in [5.41, 5.74) is 0.766. The number of hydrogen-bond acceptors (Lipinski definition) is 3. The van der Waals surface area contributed by atoms with E-state index in [-0.39, 0.29) is 5.56 Å². The van der Waals surface area contributed by atoms with Gasteiger partial charge in [0.1, 0.15) is 5.75 Å². The highest BCUT2D eigenvalue weighted by Gasteiger charge is 2.10. The van der Waals surface area contributed by atoms with Crippen molar-refractivity contribution in [2.24, 2.45) is 0 Å². The third kappa shape index (κ3) is 4.67. The first kappa shape index (κ1) is 18.1. The first-order valence-electron chi connectivity index (χ1n) is 8.52. The van der Waals surface area contributed by atoms with Gasteiger partial charge in [-0.15, -0.1) is 0 Å². The van der Waals surface area contributed by atoms with Gasteiger partial charge in [-0.1, -0.05) is 41.9 Å². The van der Waals surface area contributed by atoms with E-state index < -0.39 is 5.97 Å². The van der Waals surface area contributed by atoms with E-state index in [4.69, 9.17) is 16.3 Å². The van der Waals surface area contributed by atoms with E-state index in [0.717, 1.165) is 24.0 Å². The lowest BCUT2D eigenvalue weighted by Crippen LogP contribution is -2.09. The summed E-state index contributed by atoms with van der Waals surface area (Å²) in [5, 5.41) is 15.1. The summed E-state index contributed by atoms with van der Waals surface area (Å²) in [6.45, 7) is 1.29. The van der Waals surface area contributed by atoms with Crippen molar-refractivity contribution in [1.29, 1.82) is 0 Å². The fraction of sp³-hybridized carbons (Fsp3) is 0.190. The maximum Gasteiger partial charge on any atom is 0.337 e. The quantitative estimate of drug-likeness (QED) is 0.517. The summed E-state index contributed by atoms with van der Waals surface area (Å²) >= 11 is 5.85. The van der Waals surface area contributed by atoms with Crippen molar-refractivity contribution in [2.45, 2.75) is 12.8 Å². The molecule has 3 aromatic carbocycles.